The number of hydrogen-bond donors (Lipinski definition) is 1. The zero-order valence-corrected chi connectivity index (χ0v) is 19.3. The third-order valence-electron chi connectivity index (χ3n) is 6.04. The van der Waals surface area contributed by atoms with Crippen LogP contribution in [-0.4, -0.2) is 89.9 Å². The number of nitrogens with one attached hydrogen (secondary N) is 1. The number of ether oxygens (including phenoxy) is 3. The van der Waals surface area contributed by atoms with Gasteiger partial charge in [0.05, 0.1) is 39.7 Å². The second-order valence-corrected chi connectivity index (χ2v) is 9.94. The van der Waals surface area contributed by atoms with Gasteiger partial charge in [0, 0.05) is 38.6 Å². The molecule has 9 nitrogen and oxygen atoms in total. The van der Waals surface area contributed by atoms with E-state index in [4.69, 9.17) is 14.2 Å². The predicted molar refractivity (Wildman–Crippen MR) is 117 cm³/mol. The molecule has 0 unspecified atom stereocenters. The van der Waals surface area contributed by atoms with Gasteiger partial charge in [0.2, 0.25) is 15.9 Å². The molecule has 0 bridgehead atoms. The van der Waals surface area contributed by atoms with Crippen LogP contribution in [0.15, 0.2) is 18.2 Å². The maximum absolute atomic E-state index is 12.8. The Kier molecular flexibility index (Phi) is 8.15. The SMILES string of the molecule is COc1ccc([C@@H](CNC(=O)C2CCN(S(C)(=O)=O)CC2)N2CCOCC2)cc1OC. The van der Waals surface area contributed by atoms with Gasteiger partial charge in [0.25, 0.3) is 0 Å². The summed E-state index contributed by atoms with van der Waals surface area (Å²) >= 11 is 0. The van der Waals surface area contributed by atoms with Gasteiger partial charge in [-0.15, -0.1) is 0 Å². The number of benzene rings is 1. The Balaban J connectivity index is 1.67. The van der Waals surface area contributed by atoms with E-state index in [2.05, 4.69) is 10.2 Å². The van der Waals surface area contributed by atoms with E-state index in [1.165, 1.54) is 10.6 Å². The molecule has 2 heterocycles. The lowest BCUT2D eigenvalue weighted by molar-refractivity contribution is -0.126. The molecule has 31 heavy (non-hydrogen) atoms. The largest absolute Gasteiger partial charge is 0.493 e. The highest BCUT2D eigenvalue weighted by atomic mass is 32.2. The van der Waals surface area contributed by atoms with Gasteiger partial charge in [-0.05, 0) is 30.5 Å². The van der Waals surface area contributed by atoms with E-state index in [1.807, 2.05) is 18.2 Å². The Morgan fingerprint density at radius 3 is 2.35 bits per heavy atom. The fourth-order valence-corrected chi connectivity index (χ4v) is 5.07. The summed E-state index contributed by atoms with van der Waals surface area (Å²) in [7, 11) is 0.00794. The van der Waals surface area contributed by atoms with Gasteiger partial charge in [-0.1, -0.05) is 6.07 Å². The van der Waals surface area contributed by atoms with Crippen molar-refractivity contribution in [3.8, 4) is 11.5 Å². The highest BCUT2D eigenvalue weighted by Crippen LogP contribution is 2.32. The Bertz CT molecular complexity index is 849. The molecule has 0 radical (unpaired) electrons. The molecule has 2 aliphatic heterocycles. The summed E-state index contributed by atoms with van der Waals surface area (Å²) in [5.74, 6) is 1.12. The zero-order chi connectivity index (χ0) is 22.4. The second-order valence-electron chi connectivity index (χ2n) is 7.96. The maximum Gasteiger partial charge on any atom is 0.223 e. The Labute approximate surface area is 184 Å². The molecule has 1 N–H and O–H groups in total. The number of carbonyl (C=O) groups is 1. The highest BCUT2D eigenvalue weighted by molar-refractivity contribution is 7.88. The van der Waals surface area contributed by atoms with E-state index < -0.39 is 10.0 Å². The van der Waals surface area contributed by atoms with Crippen molar-refractivity contribution in [1.29, 1.82) is 0 Å². The average molecular weight is 456 g/mol. The van der Waals surface area contributed by atoms with Crippen LogP contribution in [0.4, 0.5) is 0 Å². The van der Waals surface area contributed by atoms with Gasteiger partial charge in [0.15, 0.2) is 11.5 Å². The van der Waals surface area contributed by atoms with E-state index >= 15 is 0 Å². The van der Waals surface area contributed by atoms with Crippen LogP contribution >= 0.6 is 0 Å². The van der Waals surface area contributed by atoms with Crippen LogP contribution in [0.1, 0.15) is 24.4 Å². The molecule has 0 aromatic heterocycles. The molecule has 174 valence electrons. The summed E-state index contributed by atoms with van der Waals surface area (Å²) in [5.41, 5.74) is 1.03. The van der Waals surface area contributed by atoms with Crippen molar-refractivity contribution in [2.75, 3.05) is 66.4 Å². The number of sulfonamides is 1. The summed E-state index contributed by atoms with van der Waals surface area (Å²) in [6.45, 7) is 4.10. The monoisotopic (exact) mass is 455 g/mol. The minimum absolute atomic E-state index is 0.0214. The lowest BCUT2D eigenvalue weighted by Crippen LogP contribution is -2.46. The van der Waals surface area contributed by atoms with E-state index in [-0.39, 0.29) is 17.9 Å². The summed E-state index contributed by atoms with van der Waals surface area (Å²) < 4.78 is 41.2. The molecule has 1 amide bonds. The van der Waals surface area contributed by atoms with Crippen molar-refractivity contribution in [3.05, 3.63) is 23.8 Å². The second kappa shape index (κ2) is 10.6. The van der Waals surface area contributed by atoms with Crippen molar-refractivity contribution in [3.63, 3.8) is 0 Å². The molecule has 0 aliphatic carbocycles. The molecule has 2 aliphatic rings. The van der Waals surface area contributed by atoms with Crippen LogP contribution in [0.5, 0.6) is 11.5 Å². The lowest BCUT2D eigenvalue weighted by Gasteiger charge is -2.36. The van der Waals surface area contributed by atoms with E-state index in [1.54, 1.807) is 14.2 Å². The van der Waals surface area contributed by atoms with Gasteiger partial charge < -0.3 is 19.5 Å². The molecule has 3 rings (SSSR count). The van der Waals surface area contributed by atoms with Crippen LogP contribution in [0.3, 0.4) is 0 Å². The van der Waals surface area contributed by atoms with Crippen LogP contribution in [0.2, 0.25) is 0 Å². The average Bonchev–Trinajstić information content (AvgIpc) is 2.79. The van der Waals surface area contributed by atoms with Gasteiger partial charge in [0.1, 0.15) is 0 Å². The number of piperidine rings is 1. The fourth-order valence-electron chi connectivity index (χ4n) is 4.20. The van der Waals surface area contributed by atoms with E-state index in [0.717, 1.165) is 18.7 Å². The van der Waals surface area contributed by atoms with Gasteiger partial charge in [-0.25, -0.2) is 12.7 Å². The Morgan fingerprint density at radius 2 is 1.77 bits per heavy atom. The summed E-state index contributed by atoms with van der Waals surface area (Å²) in [5, 5.41) is 3.11. The molecule has 1 atom stereocenters. The maximum atomic E-state index is 12.8. The molecule has 1 aromatic rings. The van der Waals surface area contributed by atoms with Crippen LogP contribution in [0, 0.1) is 5.92 Å². The first-order chi connectivity index (χ1) is 14.8. The van der Waals surface area contributed by atoms with Crippen LogP contribution in [0.25, 0.3) is 0 Å². The standard InChI is InChI=1S/C21H33N3O6S/c1-28-19-5-4-17(14-20(19)29-2)18(23-10-12-30-13-11-23)15-22-21(25)16-6-8-24(9-7-16)31(3,26)27/h4-5,14,16,18H,6-13,15H2,1-3H3,(H,22,25)/t18-/m1/s1. The van der Waals surface area contributed by atoms with Gasteiger partial charge in [-0.2, -0.15) is 0 Å². The van der Waals surface area contributed by atoms with Crippen molar-refractivity contribution < 1.29 is 27.4 Å². The quantitative estimate of drug-likeness (QED) is 0.621. The fraction of sp³-hybridized carbons (Fsp3) is 0.667. The summed E-state index contributed by atoms with van der Waals surface area (Å²) in [6, 6.07) is 5.81. The van der Waals surface area contributed by atoms with Gasteiger partial charge >= 0.3 is 0 Å². The number of amides is 1. The third-order valence-corrected chi connectivity index (χ3v) is 7.35. The molecule has 2 fully saturated rings. The smallest absolute Gasteiger partial charge is 0.223 e. The lowest BCUT2D eigenvalue weighted by atomic mass is 9.96. The Morgan fingerprint density at radius 1 is 1.13 bits per heavy atom. The first-order valence-electron chi connectivity index (χ1n) is 10.6. The molecule has 0 saturated carbocycles. The summed E-state index contributed by atoms with van der Waals surface area (Å²) in [6.07, 6.45) is 2.29. The van der Waals surface area contributed by atoms with E-state index in [9.17, 15) is 13.2 Å². The molecular weight excluding hydrogens is 422 g/mol. The van der Waals surface area contributed by atoms with Crippen molar-refractivity contribution in [2.45, 2.75) is 18.9 Å². The first kappa shape index (κ1) is 23.8. The third kappa shape index (κ3) is 6.09. The van der Waals surface area contributed by atoms with Crippen molar-refractivity contribution >= 4 is 15.9 Å². The zero-order valence-electron chi connectivity index (χ0n) is 18.5. The molecule has 10 heteroatoms. The molecule has 2 saturated heterocycles. The van der Waals surface area contributed by atoms with E-state index in [0.29, 0.717) is 57.2 Å². The minimum Gasteiger partial charge on any atom is -0.493 e. The first-order valence-corrected chi connectivity index (χ1v) is 12.4. The minimum atomic E-state index is -3.20. The normalized spacial score (nSPS) is 20.2. The van der Waals surface area contributed by atoms with Gasteiger partial charge in [-0.3, -0.25) is 9.69 Å². The van der Waals surface area contributed by atoms with Crippen molar-refractivity contribution in [1.82, 2.24) is 14.5 Å². The number of carbonyl (C=O) groups excluding carboxylic acids is 1. The predicted octanol–water partition coefficient (Wildman–Crippen LogP) is 0.865. The van der Waals surface area contributed by atoms with Crippen LogP contribution < -0.4 is 14.8 Å². The van der Waals surface area contributed by atoms with Crippen LogP contribution in [-0.2, 0) is 19.6 Å². The Hall–Kier alpha value is -1.88. The molecule has 1 aromatic carbocycles. The number of morpholine rings is 1. The van der Waals surface area contributed by atoms with Crippen molar-refractivity contribution in [2.24, 2.45) is 5.92 Å². The molecule has 0 spiro atoms. The number of hydrogen-bond acceptors (Lipinski definition) is 7. The molecular formula is C21H33N3O6S. The number of nitrogens with zero attached hydrogens (tertiary/aromatic N) is 2. The number of methoxy groups -OCH3 is 2. The highest BCUT2D eigenvalue weighted by Gasteiger charge is 2.30. The number of rotatable bonds is 8. The topological polar surface area (TPSA) is 97.4 Å². The summed E-state index contributed by atoms with van der Waals surface area (Å²) in [4.78, 5) is 15.1.